The fourth-order valence-electron chi connectivity index (χ4n) is 3.08. The summed E-state index contributed by atoms with van der Waals surface area (Å²) in [6.45, 7) is 5.43. The predicted octanol–water partition coefficient (Wildman–Crippen LogP) is 3.77. The number of aliphatic imine (C=N–C) groups is 1. The molecule has 0 fully saturated rings. The van der Waals surface area contributed by atoms with E-state index in [1.165, 1.54) is 5.56 Å². The number of rotatable bonds is 2. The summed E-state index contributed by atoms with van der Waals surface area (Å²) < 4.78 is 6.08. The van der Waals surface area contributed by atoms with E-state index in [0.717, 1.165) is 29.0 Å². The van der Waals surface area contributed by atoms with E-state index in [9.17, 15) is 0 Å². The molecule has 2 aromatic rings. The summed E-state index contributed by atoms with van der Waals surface area (Å²) in [5.41, 5.74) is 8.72. The number of amidine groups is 1. The molecule has 3 rings (SSSR count). The molecule has 1 aromatic carbocycles. The molecule has 1 aliphatic heterocycles. The van der Waals surface area contributed by atoms with Gasteiger partial charge in [-0.3, -0.25) is 4.90 Å². The van der Waals surface area contributed by atoms with Crippen molar-refractivity contribution in [1.29, 1.82) is 0 Å². The van der Waals surface area contributed by atoms with Crippen LogP contribution in [0.25, 0.3) is 11.0 Å². The zero-order valence-electron chi connectivity index (χ0n) is 12.6. The van der Waals surface area contributed by atoms with Crippen molar-refractivity contribution in [3.8, 4) is 0 Å². The van der Waals surface area contributed by atoms with Gasteiger partial charge < -0.3 is 10.2 Å². The Balaban J connectivity index is 2.17. The molecule has 2 unspecified atom stereocenters. The third-order valence-electron chi connectivity index (χ3n) is 4.24. The standard InChI is InChI=1S/C16H20ClN3O/c1-9-8-20(3)10(2)15-12-6-11(19-14(18)7-17)4-5-13(12)21-16(9)15/h4-6,9-10H,7-8H2,1-3H3,(H2,18,19). The maximum absolute atomic E-state index is 6.08. The van der Waals surface area contributed by atoms with Crippen LogP contribution in [-0.4, -0.2) is 30.2 Å². The first-order valence-corrected chi connectivity index (χ1v) is 7.70. The van der Waals surface area contributed by atoms with Crippen LogP contribution in [0.3, 0.4) is 0 Å². The molecule has 21 heavy (non-hydrogen) atoms. The maximum atomic E-state index is 6.08. The monoisotopic (exact) mass is 305 g/mol. The van der Waals surface area contributed by atoms with Crippen LogP contribution in [0.2, 0.25) is 0 Å². The van der Waals surface area contributed by atoms with Crippen LogP contribution in [0.4, 0.5) is 5.69 Å². The van der Waals surface area contributed by atoms with Crippen molar-refractivity contribution < 1.29 is 4.42 Å². The third kappa shape index (κ3) is 2.43. The molecule has 1 aliphatic rings. The molecule has 112 valence electrons. The van der Waals surface area contributed by atoms with Crippen molar-refractivity contribution in [2.45, 2.75) is 25.8 Å². The fourth-order valence-corrected chi connectivity index (χ4v) is 3.14. The number of furan rings is 1. The molecule has 0 saturated carbocycles. The first kappa shape index (κ1) is 14.4. The molecule has 2 heterocycles. The fraction of sp³-hybridized carbons (Fsp3) is 0.438. The molecular weight excluding hydrogens is 286 g/mol. The van der Waals surface area contributed by atoms with E-state index in [1.54, 1.807) is 0 Å². The number of hydrogen-bond acceptors (Lipinski definition) is 3. The van der Waals surface area contributed by atoms with Crippen molar-refractivity contribution in [2.75, 3.05) is 19.5 Å². The molecule has 0 amide bonds. The SMILES string of the molecule is CC1CN(C)C(C)c2c1oc1ccc(N=C(N)CCl)cc21. The topological polar surface area (TPSA) is 54.8 Å². The van der Waals surface area contributed by atoms with E-state index in [4.69, 9.17) is 21.8 Å². The van der Waals surface area contributed by atoms with E-state index in [1.807, 2.05) is 18.2 Å². The Morgan fingerprint density at radius 3 is 2.95 bits per heavy atom. The van der Waals surface area contributed by atoms with Gasteiger partial charge in [0.05, 0.1) is 11.6 Å². The summed E-state index contributed by atoms with van der Waals surface area (Å²) in [5.74, 6) is 2.15. The molecule has 0 saturated heterocycles. The predicted molar refractivity (Wildman–Crippen MR) is 87.7 cm³/mol. The Labute approximate surface area is 129 Å². The quantitative estimate of drug-likeness (QED) is 0.522. The van der Waals surface area contributed by atoms with E-state index >= 15 is 0 Å². The average Bonchev–Trinajstić information content (AvgIpc) is 2.84. The molecule has 5 heteroatoms. The van der Waals surface area contributed by atoms with Gasteiger partial charge in [-0.05, 0) is 32.2 Å². The number of fused-ring (bicyclic) bond motifs is 3. The van der Waals surface area contributed by atoms with Crippen LogP contribution in [0.15, 0.2) is 27.6 Å². The molecule has 2 atom stereocenters. The maximum Gasteiger partial charge on any atom is 0.134 e. The second-order valence-corrected chi connectivity index (χ2v) is 6.08. The first-order chi connectivity index (χ1) is 10.0. The second-order valence-electron chi connectivity index (χ2n) is 5.81. The van der Waals surface area contributed by atoms with Crippen molar-refractivity contribution in [1.82, 2.24) is 4.90 Å². The van der Waals surface area contributed by atoms with Crippen LogP contribution in [0.5, 0.6) is 0 Å². The average molecular weight is 306 g/mol. The van der Waals surface area contributed by atoms with Gasteiger partial charge >= 0.3 is 0 Å². The van der Waals surface area contributed by atoms with E-state index in [0.29, 0.717) is 17.8 Å². The van der Waals surface area contributed by atoms with Gasteiger partial charge in [0.25, 0.3) is 0 Å². The van der Waals surface area contributed by atoms with Crippen molar-refractivity contribution in [3.05, 3.63) is 29.5 Å². The summed E-state index contributed by atoms with van der Waals surface area (Å²) in [4.78, 5) is 6.68. The highest BCUT2D eigenvalue weighted by Gasteiger charge is 2.31. The van der Waals surface area contributed by atoms with Gasteiger partial charge in [-0.15, -0.1) is 11.6 Å². The minimum atomic E-state index is 0.234. The Bertz CT molecular complexity index is 707. The minimum Gasteiger partial charge on any atom is -0.460 e. The number of hydrogen-bond donors (Lipinski definition) is 1. The number of alkyl halides is 1. The van der Waals surface area contributed by atoms with E-state index in [-0.39, 0.29) is 5.88 Å². The molecular formula is C16H20ClN3O. The molecule has 0 aliphatic carbocycles. The van der Waals surface area contributed by atoms with E-state index < -0.39 is 0 Å². The summed E-state index contributed by atoms with van der Waals surface area (Å²) in [6, 6.07) is 6.25. The number of benzene rings is 1. The highest BCUT2D eigenvalue weighted by molar-refractivity contribution is 6.28. The normalized spacial score (nSPS) is 23.5. The number of halogens is 1. The third-order valence-corrected chi connectivity index (χ3v) is 4.51. The Hall–Kier alpha value is -1.52. The Morgan fingerprint density at radius 1 is 1.48 bits per heavy atom. The van der Waals surface area contributed by atoms with Crippen LogP contribution < -0.4 is 5.73 Å². The van der Waals surface area contributed by atoms with Gasteiger partial charge in [0.15, 0.2) is 0 Å². The minimum absolute atomic E-state index is 0.234. The molecule has 0 bridgehead atoms. The molecule has 4 nitrogen and oxygen atoms in total. The van der Waals surface area contributed by atoms with Crippen molar-refractivity contribution in [2.24, 2.45) is 10.7 Å². The lowest BCUT2D eigenvalue weighted by atomic mass is 9.92. The summed E-state index contributed by atoms with van der Waals surface area (Å²) >= 11 is 5.69. The second kappa shape index (κ2) is 5.35. The summed E-state index contributed by atoms with van der Waals surface area (Å²) in [6.07, 6.45) is 0. The number of nitrogens with two attached hydrogens (primary N) is 1. The zero-order valence-corrected chi connectivity index (χ0v) is 13.3. The first-order valence-electron chi connectivity index (χ1n) is 7.16. The molecule has 0 spiro atoms. The highest BCUT2D eigenvalue weighted by atomic mass is 35.5. The van der Waals surface area contributed by atoms with Gasteiger partial charge in [-0.25, -0.2) is 4.99 Å². The number of likely N-dealkylation sites (N-methyl/N-ethyl adjacent to an activating group) is 1. The van der Waals surface area contributed by atoms with Crippen LogP contribution in [0, 0.1) is 0 Å². The van der Waals surface area contributed by atoms with Gasteiger partial charge in [0.2, 0.25) is 0 Å². The number of nitrogens with zero attached hydrogens (tertiary/aromatic N) is 2. The van der Waals surface area contributed by atoms with Crippen molar-refractivity contribution >= 4 is 34.1 Å². The van der Waals surface area contributed by atoms with Gasteiger partial charge in [0, 0.05) is 29.5 Å². The van der Waals surface area contributed by atoms with Crippen LogP contribution in [-0.2, 0) is 0 Å². The lowest BCUT2D eigenvalue weighted by molar-refractivity contribution is 0.215. The summed E-state index contributed by atoms with van der Waals surface area (Å²) in [7, 11) is 2.15. The molecule has 2 N–H and O–H groups in total. The largest absolute Gasteiger partial charge is 0.460 e. The summed E-state index contributed by atoms with van der Waals surface area (Å²) in [5, 5.41) is 1.12. The molecule has 0 radical (unpaired) electrons. The van der Waals surface area contributed by atoms with Crippen LogP contribution in [0.1, 0.15) is 37.1 Å². The lowest BCUT2D eigenvalue weighted by Crippen LogP contribution is -2.31. The van der Waals surface area contributed by atoms with Gasteiger partial charge in [-0.1, -0.05) is 6.92 Å². The smallest absolute Gasteiger partial charge is 0.134 e. The Morgan fingerprint density at radius 2 is 2.24 bits per heavy atom. The lowest BCUT2D eigenvalue weighted by Gasteiger charge is -2.32. The highest BCUT2D eigenvalue weighted by Crippen LogP contribution is 2.42. The zero-order chi connectivity index (χ0) is 15.1. The molecule has 1 aromatic heterocycles. The Kier molecular flexibility index (Phi) is 3.68. The van der Waals surface area contributed by atoms with Gasteiger partial charge in [0.1, 0.15) is 17.2 Å². The van der Waals surface area contributed by atoms with E-state index in [2.05, 4.69) is 30.8 Å². The van der Waals surface area contributed by atoms with Crippen molar-refractivity contribution in [3.63, 3.8) is 0 Å². The van der Waals surface area contributed by atoms with Gasteiger partial charge in [-0.2, -0.15) is 0 Å². The van der Waals surface area contributed by atoms with Crippen LogP contribution >= 0.6 is 11.6 Å².